The Hall–Kier alpha value is -2.21. The summed E-state index contributed by atoms with van der Waals surface area (Å²) < 4.78 is 0. The van der Waals surface area contributed by atoms with Crippen LogP contribution < -0.4 is 0 Å². The molecule has 5 nitrogen and oxygen atoms in total. The highest BCUT2D eigenvalue weighted by atomic mass is 35.5. The van der Waals surface area contributed by atoms with Crippen molar-refractivity contribution in [1.29, 1.82) is 0 Å². The summed E-state index contributed by atoms with van der Waals surface area (Å²) in [5.74, 6) is -0.470. The van der Waals surface area contributed by atoms with E-state index in [4.69, 9.17) is 11.6 Å². The van der Waals surface area contributed by atoms with E-state index >= 15 is 0 Å². The largest absolute Gasteiger partial charge is 0.297 e. The highest BCUT2D eigenvalue weighted by Gasteiger charge is 2.40. The van der Waals surface area contributed by atoms with Gasteiger partial charge in [0.1, 0.15) is 0 Å². The lowest BCUT2D eigenvalue weighted by molar-refractivity contribution is -0.141. The van der Waals surface area contributed by atoms with E-state index in [-0.39, 0.29) is 24.2 Å². The number of benzene rings is 2. The third-order valence-electron chi connectivity index (χ3n) is 5.57. The fourth-order valence-corrected chi connectivity index (χ4v) is 4.04. The van der Waals surface area contributed by atoms with Crippen LogP contribution in [0, 0.1) is 0 Å². The van der Waals surface area contributed by atoms with Crippen molar-refractivity contribution in [2.45, 2.75) is 18.9 Å². The molecule has 0 saturated carbocycles. The molecule has 0 bridgehead atoms. The molecule has 28 heavy (non-hydrogen) atoms. The van der Waals surface area contributed by atoms with Gasteiger partial charge in [-0.3, -0.25) is 24.3 Å². The lowest BCUT2D eigenvalue weighted by atomic mass is 9.98. The Labute approximate surface area is 170 Å². The Morgan fingerprint density at radius 2 is 1.50 bits per heavy atom. The number of nitrogens with zero attached hydrogens (tertiary/aromatic N) is 3. The van der Waals surface area contributed by atoms with Crippen molar-refractivity contribution < 1.29 is 9.59 Å². The molecular weight excluding hydrogens is 374 g/mol. The summed E-state index contributed by atoms with van der Waals surface area (Å²) in [6.45, 7) is 4.82. The molecule has 2 aromatic rings. The smallest absolute Gasteiger partial charge is 0.238 e. The number of piperazine rings is 1. The first-order valence-electron chi connectivity index (χ1n) is 9.68. The SMILES string of the molecule is O=C1C[C@@H](c2ccccc2)C(=O)N1CN1CCN(Cc2ccc(Cl)cc2)CC1. The molecule has 0 aromatic heterocycles. The molecule has 0 unspecified atom stereocenters. The van der Waals surface area contributed by atoms with Crippen LogP contribution in [0.1, 0.15) is 23.5 Å². The van der Waals surface area contributed by atoms with Crippen LogP contribution in [0.15, 0.2) is 54.6 Å². The summed E-state index contributed by atoms with van der Waals surface area (Å²) in [7, 11) is 0. The van der Waals surface area contributed by atoms with Crippen molar-refractivity contribution in [3.05, 3.63) is 70.7 Å². The fraction of sp³-hybridized carbons (Fsp3) is 0.364. The van der Waals surface area contributed by atoms with Gasteiger partial charge in [-0.25, -0.2) is 0 Å². The number of carbonyl (C=O) groups excluding carboxylic acids is 2. The molecular formula is C22H24ClN3O2. The lowest BCUT2D eigenvalue weighted by Crippen LogP contribution is -2.50. The van der Waals surface area contributed by atoms with Gasteiger partial charge in [0.15, 0.2) is 0 Å². The number of likely N-dealkylation sites (tertiary alicyclic amines) is 1. The van der Waals surface area contributed by atoms with Crippen LogP contribution in [-0.4, -0.2) is 59.4 Å². The van der Waals surface area contributed by atoms with Gasteiger partial charge < -0.3 is 0 Å². The van der Waals surface area contributed by atoms with Gasteiger partial charge in [-0.1, -0.05) is 54.1 Å². The first-order chi connectivity index (χ1) is 13.6. The quantitative estimate of drug-likeness (QED) is 0.727. The summed E-state index contributed by atoms with van der Waals surface area (Å²) in [5.41, 5.74) is 2.17. The minimum atomic E-state index is -0.333. The van der Waals surface area contributed by atoms with Crippen molar-refractivity contribution in [3.63, 3.8) is 0 Å². The first-order valence-corrected chi connectivity index (χ1v) is 10.1. The number of hydrogen-bond acceptors (Lipinski definition) is 4. The molecule has 0 spiro atoms. The van der Waals surface area contributed by atoms with E-state index in [1.807, 2.05) is 42.5 Å². The molecule has 6 heteroatoms. The molecule has 2 saturated heterocycles. The van der Waals surface area contributed by atoms with Gasteiger partial charge in [0.25, 0.3) is 0 Å². The predicted molar refractivity (Wildman–Crippen MR) is 109 cm³/mol. The minimum Gasteiger partial charge on any atom is -0.297 e. The minimum absolute atomic E-state index is 0.0672. The molecule has 2 aliphatic rings. The molecule has 2 aliphatic heterocycles. The number of amides is 2. The molecule has 0 N–H and O–H groups in total. The van der Waals surface area contributed by atoms with Crippen LogP contribution in [0.5, 0.6) is 0 Å². The third kappa shape index (κ3) is 4.27. The zero-order valence-corrected chi connectivity index (χ0v) is 16.5. The maximum atomic E-state index is 12.8. The van der Waals surface area contributed by atoms with Crippen molar-refractivity contribution in [1.82, 2.24) is 14.7 Å². The van der Waals surface area contributed by atoms with Crippen LogP contribution in [0.2, 0.25) is 5.02 Å². The van der Waals surface area contributed by atoms with Gasteiger partial charge in [0, 0.05) is 44.2 Å². The second kappa shape index (κ2) is 8.43. The van der Waals surface area contributed by atoms with E-state index in [1.54, 1.807) is 0 Å². The van der Waals surface area contributed by atoms with Crippen LogP contribution in [0.25, 0.3) is 0 Å². The van der Waals surface area contributed by atoms with E-state index in [1.165, 1.54) is 10.5 Å². The fourth-order valence-electron chi connectivity index (χ4n) is 3.91. The Bertz CT molecular complexity index is 833. The van der Waals surface area contributed by atoms with E-state index in [0.717, 1.165) is 43.3 Å². The third-order valence-corrected chi connectivity index (χ3v) is 5.82. The van der Waals surface area contributed by atoms with Crippen molar-refractivity contribution >= 4 is 23.4 Å². The normalized spacial score (nSPS) is 21.5. The van der Waals surface area contributed by atoms with Crippen molar-refractivity contribution in [2.24, 2.45) is 0 Å². The van der Waals surface area contributed by atoms with Crippen LogP contribution in [0.4, 0.5) is 0 Å². The van der Waals surface area contributed by atoms with Gasteiger partial charge in [0.2, 0.25) is 11.8 Å². The highest BCUT2D eigenvalue weighted by Crippen LogP contribution is 2.29. The zero-order valence-electron chi connectivity index (χ0n) is 15.8. The van der Waals surface area contributed by atoms with E-state index in [9.17, 15) is 9.59 Å². The van der Waals surface area contributed by atoms with Gasteiger partial charge in [-0.2, -0.15) is 0 Å². The predicted octanol–water partition coefficient (Wildman–Crippen LogP) is 2.96. The summed E-state index contributed by atoms with van der Waals surface area (Å²) >= 11 is 5.95. The Balaban J connectivity index is 1.30. The average molecular weight is 398 g/mol. The molecule has 2 fully saturated rings. The van der Waals surface area contributed by atoms with Crippen LogP contribution in [-0.2, 0) is 16.1 Å². The Kier molecular flexibility index (Phi) is 5.76. The van der Waals surface area contributed by atoms with Crippen molar-refractivity contribution in [3.8, 4) is 0 Å². The first kappa shape index (κ1) is 19.1. The monoisotopic (exact) mass is 397 g/mol. The summed E-state index contributed by atoms with van der Waals surface area (Å²) in [4.78, 5) is 31.2. The Morgan fingerprint density at radius 3 is 2.18 bits per heavy atom. The molecule has 2 heterocycles. The topological polar surface area (TPSA) is 43.9 Å². The van der Waals surface area contributed by atoms with Crippen LogP contribution >= 0.6 is 11.6 Å². The summed E-state index contributed by atoms with van der Waals surface area (Å²) in [6, 6.07) is 17.5. The number of carbonyl (C=O) groups is 2. The maximum absolute atomic E-state index is 12.8. The Morgan fingerprint density at radius 1 is 0.857 bits per heavy atom. The summed E-state index contributed by atoms with van der Waals surface area (Å²) in [5, 5.41) is 0.752. The lowest BCUT2D eigenvalue weighted by Gasteiger charge is -2.36. The van der Waals surface area contributed by atoms with Gasteiger partial charge >= 0.3 is 0 Å². The standard InChI is InChI=1S/C22H24ClN3O2/c23-19-8-6-17(7-9-19)15-24-10-12-25(13-11-24)16-26-21(27)14-20(22(26)28)18-4-2-1-3-5-18/h1-9,20H,10-16H2/t20-/m0/s1. The number of imide groups is 1. The average Bonchev–Trinajstić information content (AvgIpc) is 3.00. The molecule has 1 atom stereocenters. The van der Waals surface area contributed by atoms with Crippen LogP contribution in [0.3, 0.4) is 0 Å². The second-order valence-electron chi connectivity index (χ2n) is 7.49. The van der Waals surface area contributed by atoms with Gasteiger partial charge in [-0.05, 0) is 23.3 Å². The molecule has 146 valence electrons. The van der Waals surface area contributed by atoms with Gasteiger partial charge in [-0.15, -0.1) is 0 Å². The molecule has 0 aliphatic carbocycles. The van der Waals surface area contributed by atoms with Gasteiger partial charge in [0.05, 0.1) is 12.6 Å². The molecule has 2 aromatic carbocycles. The molecule has 2 amide bonds. The number of rotatable bonds is 5. The molecule has 4 rings (SSSR count). The van der Waals surface area contributed by atoms with E-state index in [2.05, 4.69) is 21.9 Å². The highest BCUT2D eigenvalue weighted by molar-refractivity contribution is 6.30. The van der Waals surface area contributed by atoms with Crippen molar-refractivity contribution in [2.75, 3.05) is 32.8 Å². The number of halogens is 1. The number of hydrogen-bond donors (Lipinski definition) is 0. The van der Waals surface area contributed by atoms with E-state index in [0.29, 0.717) is 6.67 Å². The maximum Gasteiger partial charge on any atom is 0.238 e. The molecule has 0 radical (unpaired) electrons. The van der Waals surface area contributed by atoms with E-state index < -0.39 is 0 Å². The zero-order chi connectivity index (χ0) is 19.5. The second-order valence-corrected chi connectivity index (χ2v) is 7.93. The summed E-state index contributed by atoms with van der Waals surface area (Å²) in [6.07, 6.45) is 0.277.